The Morgan fingerprint density at radius 2 is 2.17 bits per heavy atom. The van der Waals surface area contributed by atoms with Crippen molar-refractivity contribution in [2.45, 2.75) is 12.5 Å². The molecule has 1 saturated heterocycles. The molecule has 1 aliphatic heterocycles. The van der Waals surface area contributed by atoms with E-state index >= 15 is 0 Å². The number of rotatable bonds is 6. The van der Waals surface area contributed by atoms with Crippen molar-refractivity contribution in [2.75, 3.05) is 44.8 Å². The number of carbonyl (C=O) groups excluding carboxylic acids is 2. The molecule has 3 N–H and O–H groups in total. The van der Waals surface area contributed by atoms with Crippen LogP contribution in [0.25, 0.3) is 22.1 Å². The molecular weight excluding hydrogens is 486 g/mol. The van der Waals surface area contributed by atoms with Crippen LogP contribution in [0.2, 0.25) is 5.02 Å². The van der Waals surface area contributed by atoms with Gasteiger partial charge in [0.25, 0.3) is 5.91 Å². The van der Waals surface area contributed by atoms with Gasteiger partial charge in [-0.3, -0.25) is 14.9 Å². The third kappa shape index (κ3) is 4.60. The molecule has 1 aromatic carbocycles. The number of carbonyl (C=O) groups is 2. The normalized spacial score (nSPS) is 16.1. The quantitative estimate of drug-likeness (QED) is 0.373. The molecule has 0 aliphatic carbocycles. The van der Waals surface area contributed by atoms with E-state index in [1.54, 1.807) is 33.9 Å². The van der Waals surface area contributed by atoms with Crippen LogP contribution in [0.3, 0.4) is 0 Å². The molecule has 1 aliphatic rings. The smallest absolute Gasteiger partial charge is 0.302 e. The number of hydrogen-bond donors (Lipinski definition) is 2. The monoisotopic (exact) mass is 509 g/mol. The molecule has 5 rings (SSSR count). The number of nitrogens with two attached hydrogens (primary N) is 1. The summed E-state index contributed by atoms with van der Waals surface area (Å²) in [6.07, 6.45) is 5.39. The van der Waals surface area contributed by atoms with Gasteiger partial charge >= 0.3 is 6.01 Å². The molecule has 4 aromatic rings. The predicted octanol–water partition coefficient (Wildman–Crippen LogP) is 2.35. The molecule has 12 nitrogen and oxygen atoms in total. The van der Waals surface area contributed by atoms with Gasteiger partial charge in [0.15, 0.2) is 16.9 Å². The van der Waals surface area contributed by atoms with Crippen molar-refractivity contribution < 1.29 is 14.0 Å². The summed E-state index contributed by atoms with van der Waals surface area (Å²) in [6.45, 7) is 1.66. The second-order valence-electron chi connectivity index (χ2n) is 8.73. The lowest BCUT2D eigenvalue weighted by Crippen LogP contribution is -2.28. The van der Waals surface area contributed by atoms with Crippen molar-refractivity contribution in [3.63, 3.8) is 0 Å². The summed E-state index contributed by atoms with van der Waals surface area (Å²) in [5.74, 6) is -0.521. The van der Waals surface area contributed by atoms with Gasteiger partial charge in [-0.1, -0.05) is 17.7 Å². The number of aromatic nitrogens is 5. The highest BCUT2D eigenvalue weighted by atomic mass is 35.5. The number of amides is 2. The van der Waals surface area contributed by atoms with Crippen LogP contribution in [0.1, 0.15) is 23.0 Å². The van der Waals surface area contributed by atoms with E-state index in [4.69, 9.17) is 21.8 Å². The molecule has 13 heteroatoms. The molecule has 0 spiro atoms. The van der Waals surface area contributed by atoms with Crippen molar-refractivity contribution in [1.29, 1.82) is 0 Å². The van der Waals surface area contributed by atoms with E-state index in [2.05, 4.69) is 25.4 Å². The van der Waals surface area contributed by atoms with Crippen LogP contribution in [-0.4, -0.2) is 80.1 Å². The highest BCUT2D eigenvalue weighted by molar-refractivity contribution is 6.31. The number of benzene rings is 1. The van der Waals surface area contributed by atoms with Gasteiger partial charge < -0.3 is 20.0 Å². The molecule has 4 heterocycles. The number of nitrogen functional groups attached to an aromatic ring is 1. The Labute approximate surface area is 210 Å². The van der Waals surface area contributed by atoms with Gasteiger partial charge in [0, 0.05) is 30.7 Å². The topological polar surface area (TPSA) is 148 Å². The maximum Gasteiger partial charge on any atom is 0.302 e. The number of likely N-dealkylation sites (tertiary alicyclic amines) is 1. The Hall–Kier alpha value is -4.03. The highest BCUT2D eigenvalue weighted by Crippen LogP contribution is 2.30. The number of hydrogen-bond acceptors (Lipinski definition) is 9. The zero-order chi connectivity index (χ0) is 25.4. The molecule has 0 radical (unpaired) electrons. The van der Waals surface area contributed by atoms with Crippen LogP contribution in [0.15, 0.2) is 41.1 Å². The SMILES string of the molecule is CN(C)C/C=C/C(=O)N1CCC(n2nc(C(=O)Nc3nc4cc(Cl)ccc4o3)c3c(N)ncnc32)C1. The second-order valence-corrected chi connectivity index (χ2v) is 9.16. The molecule has 0 bridgehead atoms. The van der Waals surface area contributed by atoms with Gasteiger partial charge in [0.05, 0.1) is 11.4 Å². The standard InChI is InChI=1S/C23H24ClN9O3/c1-31(2)8-3-4-17(34)32-9-7-14(11-32)33-21-18(20(25)26-12-27-21)19(30-33)22(35)29-23-28-15-10-13(24)5-6-16(15)36-23/h3-6,10,12,14H,7-9,11H2,1-2H3,(H2,25,26,27)(H,28,29,35)/b4-3+. The van der Waals surface area contributed by atoms with Gasteiger partial charge in [0.1, 0.15) is 17.7 Å². The first-order valence-electron chi connectivity index (χ1n) is 11.3. The van der Waals surface area contributed by atoms with E-state index < -0.39 is 5.91 Å². The van der Waals surface area contributed by atoms with Crippen molar-refractivity contribution in [3.05, 3.63) is 47.4 Å². The maximum absolute atomic E-state index is 13.2. The van der Waals surface area contributed by atoms with E-state index in [1.165, 1.54) is 6.33 Å². The molecule has 0 saturated carbocycles. The zero-order valence-electron chi connectivity index (χ0n) is 19.7. The lowest BCUT2D eigenvalue weighted by atomic mass is 10.2. The van der Waals surface area contributed by atoms with Crippen LogP contribution in [0.5, 0.6) is 0 Å². The van der Waals surface area contributed by atoms with Crippen LogP contribution in [-0.2, 0) is 4.79 Å². The molecule has 3 aromatic heterocycles. The fourth-order valence-corrected chi connectivity index (χ4v) is 4.30. The summed E-state index contributed by atoms with van der Waals surface area (Å²) < 4.78 is 7.24. The van der Waals surface area contributed by atoms with Crippen molar-refractivity contribution in [3.8, 4) is 0 Å². The van der Waals surface area contributed by atoms with E-state index in [1.807, 2.05) is 25.1 Å². The summed E-state index contributed by atoms with van der Waals surface area (Å²) in [5, 5.41) is 7.99. The van der Waals surface area contributed by atoms with Crippen molar-refractivity contribution in [1.82, 2.24) is 34.5 Å². The van der Waals surface area contributed by atoms with Gasteiger partial charge in [-0.2, -0.15) is 10.1 Å². The Morgan fingerprint density at radius 3 is 2.97 bits per heavy atom. The maximum atomic E-state index is 13.2. The summed E-state index contributed by atoms with van der Waals surface area (Å²) in [7, 11) is 3.87. The summed E-state index contributed by atoms with van der Waals surface area (Å²) in [5.41, 5.74) is 7.56. The first-order valence-corrected chi connectivity index (χ1v) is 11.6. The average molecular weight is 510 g/mol. The number of anilines is 2. The van der Waals surface area contributed by atoms with Gasteiger partial charge in [-0.15, -0.1) is 0 Å². The minimum Gasteiger partial charge on any atom is -0.423 e. The summed E-state index contributed by atoms with van der Waals surface area (Å²) in [4.78, 5) is 42.1. The third-order valence-corrected chi connectivity index (χ3v) is 6.09. The van der Waals surface area contributed by atoms with E-state index in [0.717, 1.165) is 0 Å². The number of fused-ring (bicyclic) bond motifs is 2. The van der Waals surface area contributed by atoms with Gasteiger partial charge in [-0.25, -0.2) is 14.6 Å². The number of nitrogens with zero attached hydrogens (tertiary/aromatic N) is 7. The van der Waals surface area contributed by atoms with Crippen molar-refractivity contribution in [2.24, 2.45) is 0 Å². The van der Waals surface area contributed by atoms with E-state index in [-0.39, 0.29) is 29.5 Å². The Morgan fingerprint density at radius 1 is 1.33 bits per heavy atom. The predicted molar refractivity (Wildman–Crippen MR) is 135 cm³/mol. The number of oxazole rings is 1. The van der Waals surface area contributed by atoms with Gasteiger partial charge in [-0.05, 0) is 38.7 Å². The minimum atomic E-state index is -0.574. The molecule has 186 valence electrons. The molecular formula is C23H24ClN9O3. The van der Waals surface area contributed by atoms with Gasteiger partial charge in [0.2, 0.25) is 5.91 Å². The van der Waals surface area contributed by atoms with E-state index in [9.17, 15) is 9.59 Å². The van der Waals surface area contributed by atoms with Crippen LogP contribution in [0, 0.1) is 0 Å². The minimum absolute atomic E-state index is 0.00228. The second kappa shape index (κ2) is 9.55. The fraction of sp³-hybridized carbons (Fsp3) is 0.304. The Kier molecular flexibility index (Phi) is 6.29. The Balaban J connectivity index is 1.40. The number of likely N-dealkylation sites (N-methyl/N-ethyl adjacent to an activating group) is 1. The number of halogens is 1. The highest BCUT2D eigenvalue weighted by Gasteiger charge is 2.31. The molecule has 1 fully saturated rings. The average Bonchev–Trinajstić information content (AvgIpc) is 3.55. The van der Waals surface area contributed by atoms with Crippen molar-refractivity contribution >= 4 is 57.4 Å². The lowest BCUT2D eigenvalue weighted by molar-refractivity contribution is -0.125. The Bertz CT molecular complexity index is 1490. The van der Waals surface area contributed by atoms with E-state index in [0.29, 0.717) is 53.2 Å². The summed E-state index contributed by atoms with van der Waals surface area (Å²) >= 11 is 6.00. The number of nitrogens with one attached hydrogen (secondary N) is 1. The van der Waals surface area contributed by atoms with Crippen LogP contribution < -0.4 is 11.1 Å². The fourth-order valence-electron chi connectivity index (χ4n) is 4.13. The molecule has 1 unspecified atom stereocenters. The first kappa shape index (κ1) is 23.7. The van der Waals surface area contributed by atoms with Crippen LogP contribution >= 0.6 is 11.6 Å². The molecule has 1 atom stereocenters. The van der Waals surface area contributed by atoms with Crippen LogP contribution in [0.4, 0.5) is 11.8 Å². The third-order valence-electron chi connectivity index (χ3n) is 5.86. The molecule has 2 amide bonds. The largest absolute Gasteiger partial charge is 0.423 e. The summed E-state index contributed by atoms with van der Waals surface area (Å²) in [6, 6.07) is 4.79. The molecule has 36 heavy (non-hydrogen) atoms. The lowest BCUT2D eigenvalue weighted by Gasteiger charge is -2.15. The zero-order valence-corrected chi connectivity index (χ0v) is 20.4. The first-order chi connectivity index (χ1) is 17.3.